The molecule has 132 valence electrons. The molecule has 3 aromatic rings. The summed E-state index contributed by atoms with van der Waals surface area (Å²) in [6, 6.07) is 8.40. The third-order valence-electron chi connectivity index (χ3n) is 4.14. The first-order chi connectivity index (χ1) is 11.9. The molecule has 25 heavy (non-hydrogen) atoms. The number of rotatable bonds is 5. The van der Waals surface area contributed by atoms with Crippen LogP contribution in [-0.2, 0) is 13.1 Å². The summed E-state index contributed by atoms with van der Waals surface area (Å²) in [6.45, 7) is 7.19. The smallest absolute Gasteiger partial charge is 0.278 e. The summed E-state index contributed by atoms with van der Waals surface area (Å²) in [6.07, 6.45) is 1.93. The number of benzene rings is 1. The van der Waals surface area contributed by atoms with E-state index in [2.05, 4.69) is 18.8 Å². The molecule has 0 fully saturated rings. The van der Waals surface area contributed by atoms with Gasteiger partial charge in [0.25, 0.3) is 5.56 Å². The molecule has 3 rings (SSSR count). The van der Waals surface area contributed by atoms with Crippen LogP contribution in [0.25, 0.3) is 11.0 Å². The average molecular weight is 359 g/mol. The van der Waals surface area contributed by atoms with Crippen LogP contribution >= 0.6 is 11.8 Å². The Morgan fingerprint density at radius 2 is 2.00 bits per heavy atom. The van der Waals surface area contributed by atoms with Crippen molar-refractivity contribution >= 4 is 22.8 Å². The highest BCUT2D eigenvalue weighted by Crippen LogP contribution is 2.21. The van der Waals surface area contributed by atoms with Crippen LogP contribution in [-0.4, -0.2) is 20.4 Å². The van der Waals surface area contributed by atoms with E-state index >= 15 is 0 Å². The standard InChI is InChI=1S/C19H22FN3OS/c1-12(2)10-23-18(24)17-16(21-19(23)25-4)8-13(3)22(17)11-14-6-5-7-15(20)9-14/h5-9,12H,10-11H2,1-4H3. The van der Waals surface area contributed by atoms with Crippen LogP contribution in [0.5, 0.6) is 0 Å². The quantitative estimate of drug-likeness (QED) is 0.509. The second kappa shape index (κ2) is 7.04. The van der Waals surface area contributed by atoms with Crippen LogP contribution in [0, 0.1) is 18.7 Å². The number of thioether (sulfide) groups is 1. The van der Waals surface area contributed by atoms with Crippen molar-refractivity contribution in [2.45, 2.75) is 39.0 Å². The highest BCUT2D eigenvalue weighted by molar-refractivity contribution is 7.98. The van der Waals surface area contributed by atoms with Crippen LogP contribution in [0.4, 0.5) is 4.39 Å². The number of aryl methyl sites for hydroxylation is 1. The first-order valence-corrected chi connectivity index (χ1v) is 9.52. The fourth-order valence-corrected chi connectivity index (χ4v) is 3.62. The van der Waals surface area contributed by atoms with Crippen LogP contribution in [0.3, 0.4) is 0 Å². The van der Waals surface area contributed by atoms with Gasteiger partial charge in [-0.3, -0.25) is 9.36 Å². The topological polar surface area (TPSA) is 39.8 Å². The van der Waals surface area contributed by atoms with Crippen LogP contribution in [0.2, 0.25) is 0 Å². The molecule has 0 aliphatic carbocycles. The Labute approximate surface area is 150 Å². The molecule has 0 radical (unpaired) electrons. The van der Waals surface area contributed by atoms with E-state index in [1.165, 1.54) is 23.9 Å². The molecule has 0 amide bonds. The largest absolute Gasteiger partial charge is 0.335 e. The molecule has 2 heterocycles. The third kappa shape index (κ3) is 3.49. The Bertz CT molecular complexity index is 975. The Morgan fingerprint density at radius 1 is 1.24 bits per heavy atom. The number of fused-ring (bicyclic) bond motifs is 1. The van der Waals surface area contributed by atoms with Crippen molar-refractivity contribution in [3.8, 4) is 0 Å². The lowest BCUT2D eigenvalue weighted by atomic mass is 10.2. The van der Waals surface area contributed by atoms with Gasteiger partial charge >= 0.3 is 0 Å². The zero-order valence-corrected chi connectivity index (χ0v) is 15.7. The summed E-state index contributed by atoms with van der Waals surface area (Å²) in [5.41, 5.74) is 3.01. The van der Waals surface area contributed by atoms with Gasteiger partial charge in [0.05, 0.1) is 5.52 Å². The van der Waals surface area contributed by atoms with Gasteiger partial charge in [-0.05, 0) is 42.9 Å². The molecule has 6 heteroatoms. The van der Waals surface area contributed by atoms with Gasteiger partial charge in [0, 0.05) is 18.8 Å². The molecular weight excluding hydrogens is 337 g/mol. The van der Waals surface area contributed by atoms with E-state index in [0.29, 0.717) is 30.0 Å². The molecule has 0 saturated carbocycles. The van der Waals surface area contributed by atoms with E-state index in [-0.39, 0.29) is 11.4 Å². The number of hydrogen-bond donors (Lipinski definition) is 0. The van der Waals surface area contributed by atoms with Gasteiger partial charge in [0.15, 0.2) is 5.16 Å². The Morgan fingerprint density at radius 3 is 2.64 bits per heavy atom. The zero-order chi connectivity index (χ0) is 18.1. The first-order valence-electron chi connectivity index (χ1n) is 8.29. The lowest BCUT2D eigenvalue weighted by Crippen LogP contribution is -2.27. The van der Waals surface area contributed by atoms with Gasteiger partial charge in [-0.15, -0.1) is 0 Å². The van der Waals surface area contributed by atoms with E-state index in [1.807, 2.05) is 29.9 Å². The summed E-state index contributed by atoms with van der Waals surface area (Å²) in [5.74, 6) is 0.0715. The van der Waals surface area contributed by atoms with Crippen LogP contribution < -0.4 is 5.56 Å². The van der Waals surface area contributed by atoms with Gasteiger partial charge in [-0.1, -0.05) is 37.7 Å². The molecule has 2 aromatic heterocycles. The maximum atomic E-state index is 13.5. The predicted molar refractivity (Wildman–Crippen MR) is 101 cm³/mol. The molecule has 0 aliphatic rings. The minimum atomic E-state index is -0.272. The lowest BCUT2D eigenvalue weighted by Gasteiger charge is -2.14. The van der Waals surface area contributed by atoms with E-state index < -0.39 is 0 Å². The van der Waals surface area contributed by atoms with Crippen molar-refractivity contribution in [1.82, 2.24) is 14.1 Å². The van der Waals surface area contributed by atoms with Crippen LogP contribution in [0.1, 0.15) is 25.1 Å². The van der Waals surface area contributed by atoms with Gasteiger partial charge in [0.2, 0.25) is 0 Å². The minimum absolute atomic E-state index is 0.0347. The van der Waals surface area contributed by atoms with Gasteiger partial charge in [-0.2, -0.15) is 0 Å². The summed E-state index contributed by atoms with van der Waals surface area (Å²) in [7, 11) is 0. The highest BCUT2D eigenvalue weighted by atomic mass is 32.2. The summed E-state index contributed by atoms with van der Waals surface area (Å²) < 4.78 is 17.2. The summed E-state index contributed by atoms with van der Waals surface area (Å²) in [4.78, 5) is 17.8. The van der Waals surface area contributed by atoms with E-state index in [9.17, 15) is 9.18 Å². The van der Waals surface area contributed by atoms with Crippen molar-refractivity contribution in [3.05, 3.63) is 57.8 Å². The number of aromatic nitrogens is 3. The van der Waals surface area contributed by atoms with E-state index in [4.69, 9.17) is 0 Å². The Hall–Kier alpha value is -2.08. The second-order valence-electron chi connectivity index (χ2n) is 6.64. The SMILES string of the molecule is CSc1nc2cc(C)n(Cc3cccc(F)c3)c2c(=O)n1CC(C)C. The highest BCUT2D eigenvalue weighted by Gasteiger charge is 2.17. The monoisotopic (exact) mass is 359 g/mol. The second-order valence-corrected chi connectivity index (χ2v) is 7.42. The minimum Gasteiger partial charge on any atom is -0.335 e. The molecular formula is C19H22FN3OS. The van der Waals surface area contributed by atoms with Crippen molar-refractivity contribution in [2.24, 2.45) is 5.92 Å². The Balaban J connectivity index is 2.19. The first kappa shape index (κ1) is 17.7. The van der Waals surface area contributed by atoms with Crippen molar-refractivity contribution in [2.75, 3.05) is 6.26 Å². The lowest BCUT2D eigenvalue weighted by molar-refractivity contribution is 0.474. The number of nitrogens with zero attached hydrogens (tertiary/aromatic N) is 3. The van der Waals surface area contributed by atoms with Crippen LogP contribution in [0.15, 0.2) is 40.3 Å². The van der Waals surface area contributed by atoms with Gasteiger partial charge in [0.1, 0.15) is 11.3 Å². The molecule has 0 aliphatic heterocycles. The van der Waals surface area contributed by atoms with Crippen molar-refractivity contribution in [3.63, 3.8) is 0 Å². The van der Waals surface area contributed by atoms with E-state index in [0.717, 1.165) is 16.4 Å². The van der Waals surface area contributed by atoms with Gasteiger partial charge in [-0.25, -0.2) is 9.37 Å². The number of halogens is 1. The van der Waals surface area contributed by atoms with Gasteiger partial charge < -0.3 is 4.57 Å². The average Bonchev–Trinajstić information content (AvgIpc) is 2.85. The normalized spacial score (nSPS) is 11.6. The molecule has 0 unspecified atom stereocenters. The molecule has 4 nitrogen and oxygen atoms in total. The summed E-state index contributed by atoms with van der Waals surface area (Å²) in [5, 5.41) is 0.731. The fraction of sp³-hybridized carbons (Fsp3) is 0.368. The summed E-state index contributed by atoms with van der Waals surface area (Å²) >= 11 is 1.48. The molecule has 1 aromatic carbocycles. The fourth-order valence-electron chi connectivity index (χ4n) is 3.05. The van der Waals surface area contributed by atoms with Crippen molar-refractivity contribution in [1.29, 1.82) is 0 Å². The molecule has 0 N–H and O–H groups in total. The molecule has 0 atom stereocenters. The molecule has 0 spiro atoms. The zero-order valence-electron chi connectivity index (χ0n) is 14.9. The molecule has 0 bridgehead atoms. The third-order valence-corrected chi connectivity index (χ3v) is 4.82. The molecule has 0 saturated heterocycles. The number of hydrogen-bond acceptors (Lipinski definition) is 3. The Kier molecular flexibility index (Phi) is 4.99. The predicted octanol–water partition coefficient (Wildman–Crippen LogP) is 4.07. The van der Waals surface area contributed by atoms with E-state index in [1.54, 1.807) is 10.6 Å². The maximum absolute atomic E-state index is 13.5. The maximum Gasteiger partial charge on any atom is 0.278 e. The van der Waals surface area contributed by atoms with Crippen molar-refractivity contribution < 1.29 is 4.39 Å².